The SMILES string of the molecule is CC(O)CC1CCCN1C(=O)c1c(F)cc(F)cc1F. The normalized spacial score (nSPS) is 20.2. The Balaban J connectivity index is 2.27. The summed E-state index contributed by atoms with van der Waals surface area (Å²) in [5.41, 5.74) is -0.733. The van der Waals surface area contributed by atoms with Crippen LogP contribution in [0.15, 0.2) is 12.1 Å². The molecule has 3 nitrogen and oxygen atoms in total. The van der Waals surface area contributed by atoms with E-state index in [0.29, 0.717) is 37.9 Å². The van der Waals surface area contributed by atoms with E-state index in [9.17, 15) is 23.1 Å². The molecule has 0 aromatic heterocycles. The molecule has 1 fully saturated rings. The molecule has 0 bridgehead atoms. The fourth-order valence-electron chi connectivity index (χ4n) is 2.63. The van der Waals surface area contributed by atoms with Gasteiger partial charge in [0.2, 0.25) is 0 Å². The predicted octanol–water partition coefficient (Wildman–Crippen LogP) is 2.48. The van der Waals surface area contributed by atoms with Gasteiger partial charge in [0, 0.05) is 24.7 Å². The fraction of sp³-hybridized carbons (Fsp3) is 0.500. The van der Waals surface area contributed by atoms with Gasteiger partial charge < -0.3 is 10.0 Å². The largest absolute Gasteiger partial charge is 0.393 e. The molecule has 1 aliphatic heterocycles. The molecule has 1 aromatic carbocycles. The molecule has 1 saturated heterocycles. The fourth-order valence-corrected chi connectivity index (χ4v) is 2.63. The van der Waals surface area contributed by atoms with Gasteiger partial charge in [0.15, 0.2) is 0 Å². The number of likely N-dealkylation sites (tertiary alicyclic amines) is 1. The Kier molecular flexibility index (Phi) is 4.32. The minimum atomic E-state index is -1.20. The summed E-state index contributed by atoms with van der Waals surface area (Å²) in [7, 11) is 0. The molecule has 0 saturated carbocycles. The molecular weight excluding hydrogens is 271 g/mol. The van der Waals surface area contributed by atoms with Crippen molar-refractivity contribution in [3.05, 3.63) is 35.1 Å². The number of amides is 1. The summed E-state index contributed by atoms with van der Waals surface area (Å²) < 4.78 is 40.1. The first kappa shape index (κ1) is 14.8. The van der Waals surface area contributed by atoms with Gasteiger partial charge in [-0.2, -0.15) is 0 Å². The second kappa shape index (κ2) is 5.83. The van der Waals surface area contributed by atoms with Crippen molar-refractivity contribution in [2.24, 2.45) is 0 Å². The van der Waals surface area contributed by atoms with Crippen LogP contribution in [0.2, 0.25) is 0 Å². The summed E-state index contributed by atoms with van der Waals surface area (Å²) in [6, 6.07) is 0.748. The Morgan fingerprint density at radius 2 is 2.00 bits per heavy atom. The number of aliphatic hydroxyl groups is 1. The smallest absolute Gasteiger partial charge is 0.260 e. The topological polar surface area (TPSA) is 40.5 Å². The number of halogens is 3. The van der Waals surface area contributed by atoms with E-state index < -0.39 is 35.0 Å². The molecule has 1 N–H and O–H groups in total. The monoisotopic (exact) mass is 287 g/mol. The first-order chi connectivity index (χ1) is 9.40. The number of hydrogen-bond donors (Lipinski definition) is 1. The number of carbonyl (C=O) groups is 1. The Hall–Kier alpha value is -1.56. The molecule has 0 radical (unpaired) electrons. The maximum absolute atomic E-state index is 13.6. The average molecular weight is 287 g/mol. The first-order valence-corrected chi connectivity index (χ1v) is 6.53. The highest BCUT2D eigenvalue weighted by Crippen LogP contribution is 2.26. The van der Waals surface area contributed by atoms with Gasteiger partial charge in [-0.05, 0) is 26.2 Å². The van der Waals surface area contributed by atoms with Crippen LogP contribution in [0, 0.1) is 17.5 Å². The second-order valence-corrected chi connectivity index (χ2v) is 5.12. The lowest BCUT2D eigenvalue weighted by atomic mass is 10.1. The molecule has 1 heterocycles. The number of benzene rings is 1. The van der Waals surface area contributed by atoms with Gasteiger partial charge >= 0.3 is 0 Å². The zero-order valence-corrected chi connectivity index (χ0v) is 11.1. The minimum absolute atomic E-state index is 0.244. The highest BCUT2D eigenvalue weighted by atomic mass is 19.1. The number of rotatable bonds is 3. The van der Waals surface area contributed by atoms with E-state index >= 15 is 0 Å². The molecule has 2 atom stereocenters. The lowest BCUT2D eigenvalue weighted by Crippen LogP contribution is -2.38. The Labute approximate surface area is 115 Å². The van der Waals surface area contributed by atoms with Crippen LogP contribution >= 0.6 is 0 Å². The van der Waals surface area contributed by atoms with Crippen molar-refractivity contribution in [2.75, 3.05) is 6.54 Å². The van der Waals surface area contributed by atoms with E-state index in [-0.39, 0.29) is 6.04 Å². The number of aliphatic hydroxyl groups excluding tert-OH is 1. The van der Waals surface area contributed by atoms with E-state index in [4.69, 9.17) is 0 Å². The summed E-state index contributed by atoms with van der Waals surface area (Å²) in [5.74, 6) is -4.24. The zero-order chi connectivity index (χ0) is 14.9. The van der Waals surface area contributed by atoms with E-state index in [0.717, 1.165) is 0 Å². The number of hydrogen-bond acceptors (Lipinski definition) is 2. The average Bonchev–Trinajstić information content (AvgIpc) is 2.74. The van der Waals surface area contributed by atoms with Crippen molar-refractivity contribution in [1.29, 1.82) is 0 Å². The quantitative estimate of drug-likeness (QED) is 0.928. The third-order valence-corrected chi connectivity index (χ3v) is 3.47. The van der Waals surface area contributed by atoms with Crippen molar-refractivity contribution >= 4 is 5.91 Å². The molecule has 2 unspecified atom stereocenters. The van der Waals surface area contributed by atoms with Crippen LogP contribution in [0.1, 0.15) is 36.5 Å². The van der Waals surface area contributed by atoms with Crippen LogP contribution in [0.3, 0.4) is 0 Å². The van der Waals surface area contributed by atoms with Gasteiger partial charge in [-0.25, -0.2) is 13.2 Å². The van der Waals surface area contributed by atoms with Gasteiger partial charge in [-0.15, -0.1) is 0 Å². The zero-order valence-electron chi connectivity index (χ0n) is 11.1. The minimum Gasteiger partial charge on any atom is -0.393 e. The van der Waals surface area contributed by atoms with E-state index in [1.165, 1.54) is 4.90 Å². The molecule has 6 heteroatoms. The van der Waals surface area contributed by atoms with E-state index in [1.54, 1.807) is 6.92 Å². The van der Waals surface area contributed by atoms with Crippen molar-refractivity contribution < 1.29 is 23.1 Å². The summed E-state index contributed by atoms with van der Waals surface area (Å²) in [6.07, 6.45) is 1.15. The molecule has 1 aliphatic rings. The lowest BCUT2D eigenvalue weighted by Gasteiger charge is -2.26. The van der Waals surface area contributed by atoms with Crippen LogP contribution in [-0.2, 0) is 0 Å². The molecule has 2 rings (SSSR count). The molecule has 0 spiro atoms. The number of carbonyl (C=O) groups excluding carboxylic acids is 1. The van der Waals surface area contributed by atoms with Gasteiger partial charge in [-0.1, -0.05) is 0 Å². The van der Waals surface area contributed by atoms with E-state index in [1.807, 2.05) is 0 Å². The van der Waals surface area contributed by atoms with Crippen molar-refractivity contribution in [2.45, 2.75) is 38.3 Å². The summed E-state index contributed by atoms with van der Waals surface area (Å²) in [4.78, 5) is 13.6. The van der Waals surface area contributed by atoms with Crippen LogP contribution in [-0.4, -0.2) is 34.6 Å². The Morgan fingerprint density at radius 1 is 1.40 bits per heavy atom. The molecule has 0 aliphatic carbocycles. The first-order valence-electron chi connectivity index (χ1n) is 6.53. The van der Waals surface area contributed by atoms with Gasteiger partial charge in [0.05, 0.1) is 6.10 Å². The van der Waals surface area contributed by atoms with Crippen LogP contribution in [0.5, 0.6) is 0 Å². The summed E-state index contributed by atoms with van der Waals surface area (Å²) in [5, 5.41) is 9.39. The van der Waals surface area contributed by atoms with Gasteiger partial charge in [0.1, 0.15) is 23.0 Å². The van der Waals surface area contributed by atoms with Gasteiger partial charge in [0.25, 0.3) is 5.91 Å². The molecule has 1 amide bonds. The van der Waals surface area contributed by atoms with E-state index in [2.05, 4.69) is 0 Å². The molecule has 20 heavy (non-hydrogen) atoms. The Morgan fingerprint density at radius 3 is 2.55 bits per heavy atom. The highest BCUT2D eigenvalue weighted by molar-refractivity contribution is 5.95. The predicted molar refractivity (Wildman–Crippen MR) is 66.7 cm³/mol. The highest BCUT2D eigenvalue weighted by Gasteiger charge is 2.33. The standard InChI is InChI=1S/C14H16F3NO2/c1-8(19)5-10-3-2-4-18(10)14(20)13-11(16)6-9(15)7-12(13)17/h6-8,10,19H,2-5H2,1H3. The van der Waals surface area contributed by atoms with Crippen LogP contribution < -0.4 is 0 Å². The number of nitrogens with zero attached hydrogens (tertiary/aromatic N) is 1. The maximum atomic E-state index is 13.6. The Bertz CT molecular complexity index is 496. The van der Waals surface area contributed by atoms with Crippen molar-refractivity contribution in [3.8, 4) is 0 Å². The van der Waals surface area contributed by atoms with Crippen LogP contribution in [0.25, 0.3) is 0 Å². The molecular formula is C14H16F3NO2. The van der Waals surface area contributed by atoms with Crippen LogP contribution in [0.4, 0.5) is 13.2 Å². The lowest BCUT2D eigenvalue weighted by molar-refractivity contribution is 0.0672. The van der Waals surface area contributed by atoms with Crippen molar-refractivity contribution in [1.82, 2.24) is 4.90 Å². The summed E-state index contributed by atoms with van der Waals surface area (Å²) in [6.45, 7) is 1.98. The molecule has 1 aromatic rings. The van der Waals surface area contributed by atoms with Crippen molar-refractivity contribution in [3.63, 3.8) is 0 Å². The van der Waals surface area contributed by atoms with Gasteiger partial charge in [-0.3, -0.25) is 4.79 Å². The molecule has 110 valence electrons. The maximum Gasteiger partial charge on any atom is 0.260 e. The third-order valence-electron chi connectivity index (χ3n) is 3.47. The third kappa shape index (κ3) is 2.95. The summed E-state index contributed by atoms with van der Waals surface area (Å²) >= 11 is 0. The second-order valence-electron chi connectivity index (χ2n) is 5.12.